The van der Waals surface area contributed by atoms with Crippen molar-refractivity contribution in [1.29, 1.82) is 0 Å². The number of benzene rings is 2. The van der Waals surface area contributed by atoms with Gasteiger partial charge in [0.2, 0.25) is 0 Å². The zero-order chi connectivity index (χ0) is 25.4. The molecule has 2 aliphatic rings. The fraction of sp³-hybridized carbons (Fsp3) is 0.462. The standard InChI is InChI=1S/2C13H15BrO3/c2*1-12(16)7-13(8-12,11(15)17-2)9-4-3-5-10(14)6-9/h2*3-6,16H,7-8H2,1-2H3. The van der Waals surface area contributed by atoms with Gasteiger partial charge in [-0.15, -0.1) is 0 Å². The third-order valence-corrected chi connectivity index (χ3v) is 7.62. The predicted molar refractivity (Wildman–Crippen MR) is 135 cm³/mol. The predicted octanol–water partition coefficient (Wildman–Crippen LogP) is 4.81. The highest BCUT2D eigenvalue weighted by molar-refractivity contribution is 9.10. The number of halogens is 2. The Morgan fingerprint density at radius 1 is 0.735 bits per heavy atom. The van der Waals surface area contributed by atoms with Gasteiger partial charge in [-0.2, -0.15) is 0 Å². The molecule has 0 spiro atoms. The Balaban J connectivity index is 0.000000191. The van der Waals surface area contributed by atoms with Crippen molar-refractivity contribution in [2.45, 2.75) is 61.6 Å². The molecule has 0 amide bonds. The number of methoxy groups -OCH3 is 2. The zero-order valence-electron chi connectivity index (χ0n) is 19.7. The largest absolute Gasteiger partial charge is 0.468 e. The normalized spacial score (nSPS) is 31.8. The Bertz CT molecular complexity index is 977. The molecule has 0 radical (unpaired) electrons. The fourth-order valence-electron chi connectivity index (χ4n) is 5.39. The zero-order valence-corrected chi connectivity index (χ0v) is 22.9. The van der Waals surface area contributed by atoms with E-state index in [1.807, 2.05) is 48.5 Å². The van der Waals surface area contributed by atoms with Crippen LogP contribution in [-0.4, -0.2) is 47.6 Å². The van der Waals surface area contributed by atoms with E-state index < -0.39 is 22.0 Å². The molecule has 0 bridgehead atoms. The molecule has 0 atom stereocenters. The molecule has 8 heteroatoms. The summed E-state index contributed by atoms with van der Waals surface area (Å²) in [5, 5.41) is 19.8. The first kappa shape index (κ1) is 26.9. The minimum atomic E-state index is -0.781. The maximum absolute atomic E-state index is 12.0. The van der Waals surface area contributed by atoms with Crippen molar-refractivity contribution in [3.63, 3.8) is 0 Å². The van der Waals surface area contributed by atoms with Crippen LogP contribution in [0.3, 0.4) is 0 Å². The van der Waals surface area contributed by atoms with Crippen molar-refractivity contribution in [3.05, 3.63) is 68.6 Å². The molecule has 0 saturated heterocycles. The average Bonchev–Trinajstić information content (AvgIpc) is 2.74. The van der Waals surface area contributed by atoms with Gasteiger partial charge in [0.05, 0.1) is 36.3 Å². The highest BCUT2D eigenvalue weighted by Gasteiger charge is 2.58. The number of carbonyl (C=O) groups is 2. The van der Waals surface area contributed by atoms with Crippen LogP contribution in [0.25, 0.3) is 0 Å². The topological polar surface area (TPSA) is 93.1 Å². The second-order valence-corrected chi connectivity index (χ2v) is 11.7. The number of carbonyl (C=O) groups excluding carboxylic acids is 2. The first-order chi connectivity index (χ1) is 15.8. The van der Waals surface area contributed by atoms with Crippen molar-refractivity contribution in [2.24, 2.45) is 0 Å². The molecule has 184 valence electrons. The van der Waals surface area contributed by atoms with Crippen molar-refractivity contribution in [3.8, 4) is 0 Å². The summed E-state index contributed by atoms with van der Waals surface area (Å²) < 4.78 is 11.6. The van der Waals surface area contributed by atoms with Gasteiger partial charge >= 0.3 is 11.9 Å². The van der Waals surface area contributed by atoms with E-state index >= 15 is 0 Å². The van der Waals surface area contributed by atoms with Crippen LogP contribution in [0.15, 0.2) is 57.5 Å². The van der Waals surface area contributed by atoms with Crippen LogP contribution in [0.4, 0.5) is 0 Å². The van der Waals surface area contributed by atoms with E-state index in [9.17, 15) is 19.8 Å². The number of hydrogen-bond acceptors (Lipinski definition) is 6. The van der Waals surface area contributed by atoms with Gasteiger partial charge in [0.25, 0.3) is 0 Å². The Labute approximate surface area is 216 Å². The highest BCUT2D eigenvalue weighted by Crippen LogP contribution is 2.52. The maximum Gasteiger partial charge on any atom is 0.316 e. The monoisotopic (exact) mass is 596 g/mol. The third-order valence-electron chi connectivity index (χ3n) is 6.64. The maximum atomic E-state index is 12.0. The number of rotatable bonds is 4. The Kier molecular flexibility index (Phi) is 7.68. The molecule has 34 heavy (non-hydrogen) atoms. The first-order valence-electron chi connectivity index (χ1n) is 10.9. The van der Waals surface area contributed by atoms with E-state index in [-0.39, 0.29) is 11.9 Å². The summed E-state index contributed by atoms with van der Waals surface area (Å²) in [6.45, 7) is 3.48. The van der Waals surface area contributed by atoms with Crippen LogP contribution < -0.4 is 0 Å². The van der Waals surface area contributed by atoms with Gasteiger partial charge in [0.15, 0.2) is 0 Å². The first-order valence-corrected chi connectivity index (χ1v) is 12.5. The van der Waals surface area contributed by atoms with Gasteiger partial charge in [-0.05, 0) is 74.9 Å². The lowest BCUT2D eigenvalue weighted by Crippen LogP contribution is -2.57. The lowest BCUT2D eigenvalue weighted by atomic mass is 9.56. The van der Waals surface area contributed by atoms with E-state index in [4.69, 9.17) is 9.47 Å². The quantitative estimate of drug-likeness (QED) is 0.491. The van der Waals surface area contributed by atoms with E-state index in [2.05, 4.69) is 31.9 Å². The Morgan fingerprint density at radius 3 is 1.29 bits per heavy atom. The highest BCUT2D eigenvalue weighted by atomic mass is 79.9. The van der Waals surface area contributed by atoms with Crippen molar-refractivity contribution in [1.82, 2.24) is 0 Å². The van der Waals surface area contributed by atoms with Gasteiger partial charge in [-0.1, -0.05) is 56.1 Å². The summed E-state index contributed by atoms with van der Waals surface area (Å²) in [7, 11) is 2.77. The smallest absolute Gasteiger partial charge is 0.316 e. The van der Waals surface area contributed by atoms with E-state index in [1.54, 1.807) is 13.8 Å². The summed E-state index contributed by atoms with van der Waals surface area (Å²) in [6, 6.07) is 15.2. The van der Waals surface area contributed by atoms with Crippen LogP contribution in [-0.2, 0) is 29.9 Å². The van der Waals surface area contributed by atoms with Gasteiger partial charge in [0, 0.05) is 8.95 Å². The number of esters is 2. The molecule has 0 aliphatic heterocycles. The molecule has 0 aromatic heterocycles. The molecule has 2 saturated carbocycles. The fourth-order valence-corrected chi connectivity index (χ4v) is 6.19. The minimum Gasteiger partial charge on any atom is -0.468 e. The van der Waals surface area contributed by atoms with Gasteiger partial charge in [0.1, 0.15) is 0 Å². The van der Waals surface area contributed by atoms with E-state index in [0.717, 1.165) is 20.1 Å². The molecule has 2 aromatic rings. The van der Waals surface area contributed by atoms with Crippen LogP contribution >= 0.6 is 31.9 Å². The Morgan fingerprint density at radius 2 is 1.06 bits per heavy atom. The molecule has 2 N–H and O–H groups in total. The molecule has 2 aromatic carbocycles. The second-order valence-electron chi connectivity index (χ2n) is 9.87. The molecule has 6 nitrogen and oxygen atoms in total. The van der Waals surface area contributed by atoms with Crippen molar-refractivity contribution < 1.29 is 29.3 Å². The SMILES string of the molecule is COC(=O)C1(c2cccc(Br)c2)CC(C)(O)C1.COC(=O)C1(c2cccc(Br)c2)CC(C)(O)C1. The molecule has 4 rings (SSSR count). The van der Waals surface area contributed by atoms with Crippen LogP contribution in [0, 0.1) is 0 Å². The lowest BCUT2D eigenvalue weighted by molar-refractivity contribution is -0.166. The van der Waals surface area contributed by atoms with Crippen molar-refractivity contribution in [2.75, 3.05) is 14.2 Å². The summed E-state index contributed by atoms with van der Waals surface area (Å²) in [6.07, 6.45) is 1.62. The minimum absolute atomic E-state index is 0.276. The summed E-state index contributed by atoms with van der Waals surface area (Å²) in [4.78, 5) is 23.9. The van der Waals surface area contributed by atoms with Gasteiger partial charge < -0.3 is 19.7 Å². The number of aliphatic hydroxyl groups is 2. The lowest BCUT2D eigenvalue weighted by Gasteiger charge is -2.49. The van der Waals surface area contributed by atoms with Crippen LogP contribution in [0.1, 0.15) is 50.7 Å². The summed E-state index contributed by atoms with van der Waals surface area (Å²) in [5.74, 6) is -0.552. The second kappa shape index (κ2) is 9.72. The molecule has 2 aliphatic carbocycles. The molecule has 0 heterocycles. The Hall–Kier alpha value is -1.74. The molecule has 0 unspecified atom stereocenters. The van der Waals surface area contributed by atoms with Gasteiger partial charge in [-0.25, -0.2) is 0 Å². The number of hydrogen-bond donors (Lipinski definition) is 2. The molecule has 2 fully saturated rings. The van der Waals surface area contributed by atoms with Crippen LogP contribution in [0.5, 0.6) is 0 Å². The van der Waals surface area contributed by atoms with E-state index in [1.165, 1.54) is 14.2 Å². The molecular formula is C26H30Br2O6. The van der Waals surface area contributed by atoms with Crippen LogP contribution in [0.2, 0.25) is 0 Å². The van der Waals surface area contributed by atoms with Crippen molar-refractivity contribution >= 4 is 43.8 Å². The summed E-state index contributed by atoms with van der Waals surface area (Å²) in [5.41, 5.74) is -1.16. The number of ether oxygens (including phenoxy) is 2. The average molecular weight is 598 g/mol. The molecular weight excluding hydrogens is 568 g/mol. The van der Waals surface area contributed by atoms with Gasteiger partial charge in [-0.3, -0.25) is 9.59 Å². The third kappa shape index (κ3) is 5.25. The van der Waals surface area contributed by atoms with E-state index in [0.29, 0.717) is 25.7 Å². The summed E-state index contributed by atoms with van der Waals surface area (Å²) >= 11 is 6.79.